The lowest BCUT2D eigenvalue weighted by Gasteiger charge is -2.20. The monoisotopic (exact) mass is 409 g/mol. The van der Waals surface area contributed by atoms with Crippen LogP contribution in [0.25, 0.3) is 0 Å². The molecule has 0 aromatic carbocycles. The Kier molecular flexibility index (Phi) is 6.19. The molecule has 10 heteroatoms. The largest absolute Gasteiger partial charge is 0.360 e. The fourth-order valence-corrected chi connectivity index (χ4v) is 5.20. The van der Waals surface area contributed by atoms with E-state index >= 15 is 0 Å². The van der Waals surface area contributed by atoms with Crippen molar-refractivity contribution in [2.75, 3.05) is 5.32 Å². The second-order valence-corrected chi connectivity index (χ2v) is 9.12. The van der Waals surface area contributed by atoms with Crippen molar-refractivity contribution in [1.82, 2.24) is 20.1 Å². The molecule has 1 aliphatic carbocycles. The Bertz CT molecular complexity index is 908. The number of aryl methyl sites for hydroxylation is 2. The topological polar surface area (TPSA) is 130 Å². The normalized spacial score (nSPS) is 16.8. The van der Waals surface area contributed by atoms with Crippen LogP contribution in [0.5, 0.6) is 0 Å². The van der Waals surface area contributed by atoms with Crippen LogP contribution in [0.1, 0.15) is 56.2 Å². The summed E-state index contributed by atoms with van der Waals surface area (Å²) < 4.78 is 32.3. The molecule has 1 saturated carbocycles. The molecule has 0 spiro atoms. The summed E-state index contributed by atoms with van der Waals surface area (Å²) in [5.41, 5.74) is 1.23. The average molecular weight is 410 g/mol. The van der Waals surface area contributed by atoms with Crippen LogP contribution in [0.4, 0.5) is 5.82 Å². The first-order valence-corrected chi connectivity index (χ1v) is 11.0. The van der Waals surface area contributed by atoms with Crippen molar-refractivity contribution in [3.8, 4) is 0 Å². The number of aromatic amines is 1. The predicted molar refractivity (Wildman–Crippen MR) is 103 cm³/mol. The van der Waals surface area contributed by atoms with Gasteiger partial charge in [0.25, 0.3) is 0 Å². The Labute approximate surface area is 164 Å². The Morgan fingerprint density at radius 1 is 1.32 bits per heavy atom. The predicted octanol–water partition coefficient (Wildman–Crippen LogP) is 2.44. The number of carbonyl (C=O) groups excluding carboxylic acids is 1. The molecule has 3 N–H and O–H groups in total. The highest BCUT2D eigenvalue weighted by atomic mass is 32.2. The number of nitrogens with zero attached hydrogens (tertiary/aromatic N) is 2. The fraction of sp³-hybridized carbons (Fsp3) is 0.611. The minimum atomic E-state index is -3.92. The lowest BCUT2D eigenvalue weighted by atomic mass is 9.86. The van der Waals surface area contributed by atoms with Crippen LogP contribution in [-0.2, 0) is 21.2 Å². The molecule has 1 aliphatic rings. The van der Waals surface area contributed by atoms with E-state index in [9.17, 15) is 13.2 Å². The van der Waals surface area contributed by atoms with E-state index in [0.717, 1.165) is 12.1 Å². The molecule has 9 nitrogen and oxygen atoms in total. The van der Waals surface area contributed by atoms with Crippen molar-refractivity contribution in [1.29, 1.82) is 0 Å². The van der Waals surface area contributed by atoms with E-state index < -0.39 is 22.0 Å². The summed E-state index contributed by atoms with van der Waals surface area (Å²) in [6.45, 7) is 4.52. The highest BCUT2D eigenvalue weighted by molar-refractivity contribution is 7.89. The van der Waals surface area contributed by atoms with Crippen molar-refractivity contribution >= 4 is 21.7 Å². The summed E-state index contributed by atoms with van der Waals surface area (Å²) in [4.78, 5) is 12.4. The SMILES string of the molecule is Cc1noc(C)c1S(=O)(=O)N[C@@H](C)C(=O)Nc1cc(CC2CCCCC2)[nH]n1. The Hall–Kier alpha value is -2.20. The third kappa shape index (κ3) is 4.79. The lowest BCUT2D eigenvalue weighted by Crippen LogP contribution is -2.41. The van der Waals surface area contributed by atoms with Crippen molar-refractivity contribution < 1.29 is 17.7 Å². The number of aromatic nitrogens is 3. The number of H-pyrrole nitrogens is 1. The molecule has 28 heavy (non-hydrogen) atoms. The molecule has 1 atom stereocenters. The maximum absolute atomic E-state index is 12.5. The van der Waals surface area contributed by atoms with Crippen molar-refractivity contribution in [3.63, 3.8) is 0 Å². The van der Waals surface area contributed by atoms with Crippen molar-refractivity contribution in [2.45, 2.75) is 70.2 Å². The van der Waals surface area contributed by atoms with Gasteiger partial charge in [0.1, 0.15) is 10.6 Å². The van der Waals surface area contributed by atoms with E-state index in [0.29, 0.717) is 11.7 Å². The van der Waals surface area contributed by atoms with Crippen LogP contribution in [0.15, 0.2) is 15.5 Å². The van der Waals surface area contributed by atoms with Gasteiger partial charge in [-0.1, -0.05) is 37.3 Å². The zero-order valence-corrected chi connectivity index (χ0v) is 17.2. The Morgan fingerprint density at radius 2 is 2.04 bits per heavy atom. The standard InChI is InChI=1S/C18H27N5O4S/c1-11-17(13(3)27-22-11)28(25,26)23-12(2)18(24)19-16-10-15(20-21-16)9-14-7-5-4-6-8-14/h10,12,14,23H,4-9H2,1-3H3,(H2,19,20,21,24)/t12-/m0/s1. The molecule has 3 rings (SSSR count). The first-order chi connectivity index (χ1) is 13.3. The van der Waals surface area contributed by atoms with Gasteiger partial charge in [-0.2, -0.15) is 9.82 Å². The first-order valence-electron chi connectivity index (χ1n) is 9.56. The number of rotatable bonds is 7. The number of hydrogen-bond donors (Lipinski definition) is 3. The smallest absolute Gasteiger partial charge is 0.246 e. The molecule has 1 fully saturated rings. The summed E-state index contributed by atoms with van der Waals surface area (Å²) in [6, 6.07) is 0.819. The van der Waals surface area contributed by atoms with Gasteiger partial charge in [-0.25, -0.2) is 8.42 Å². The summed E-state index contributed by atoms with van der Waals surface area (Å²) >= 11 is 0. The van der Waals surface area contributed by atoms with Crippen LogP contribution < -0.4 is 10.0 Å². The van der Waals surface area contributed by atoms with Crippen molar-refractivity contribution in [3.05, 3.63) is 23.2 Å². The highest BCUT2D eigenvalue weighted by Crippen LogP contribution is 2.26. The fourth-order valence-electron chi connectivity index (χ4n) is 3.67. The van der Waals surface area contributed by atoms with Gasteiger partial charge >= 0.3 is 0 Å². The lowest BCUT2D eigenvalue weighted by molar-refractivity contribution is -0.117. The molecule has 0 unspecified atom stereocenters. The molecule has 0 radical (unpaired) electrons. The second kappa shape index (κ2) is 8.44. The van der Waals surface area contributed by atoms with E-state index in [-0.39, 0.29) is 16.3 Å². The van der Waals surface area contributed by atoms with E-state index in [1.54, 1.807) is 0 Å². The maximum atomic E-state index is 12.5. The number of hydrogen-bond acceptors (Lipinski definition) is 6. The maximum Gasteiger partial charge on any atom is 0.246 e. The molecule has 2 aromatic rings. The number of sulfonamides is 1. The molecule has 2 aromatic heterocycles. The van der Waals surface area contributed by atoms with Gasteiger partial charge in [0.2, 0.25) is 15.9 Å². The molecular formula is C18H27N5O4S. The number of nitrogens with one attached hydrogen (secondary N) is 3. The number of carbonyl (C=O) groups is 1. The van der Waals surface area contributed by atoms with Crippen LogP contribution in [-0.4, -0.2) is 35.7 Å². The number of anilines is 1. The molecule has 0 saturated heterocycles. The summed E-state index contributed by atoms with van der Waals surface area (Å²) in [7, 11) is -3.92. The summed E-state index contributed by atoms with van der Waals surface area (Å²) in [5.74, 6) is 0.723. The van der Waals surface area contributed by atoms with Gasteiger partial charge in [0.05, 0.1) is 6.04 Å². The molecular weight excluding hydrogens is 382 g/mol. The minimum absolute atomic E-state index is 0.0401. The number of amides is 1. The van der Waals surface area contributed by atoms with Crippen LogP contribution in [0, 0.1) is 19.8 Å². The molecule has 0 bridgehead atoms. The minimum Gasteiger partial charge on any atom is -0.360 e. The van der Waals surface area contributed by atoms with Crippen LogP contribution >= 0.6 is 0 Å². The zero-order valence-electron chi connectivity index (χ0n) is 16.4. The van der Waals surface area contributed by atoms with E-state index in [4.69, 9.17) is 4.52 Å². The van der Waals surface area contributed by atoms with Gasteiger partial charge in [-0.15, -0.1) is 0 Å². The van der Waals surface area contributed by atoms with E-state index in [1.807, 2.05) is 6.07 Å². The van der Waals surface area contributed by atoms with Gasteiger partial charge in [-0.05, 0) is 33.1 Å². The summed E-state index contributed by atoms with van der Waals surface area (Å²) in [6.07, 6.45) is 7.21. The average Bonchev–Trinajstić information content (AvgIpc) is 3.21. The van der Waals surface area contributed by atoms with Gasteiger partial charge in [-0.3, -0.25) is 9.89 Å². The Balaban J connectivity index is 1.58. The van der Waals surface area contributed by atoms with Gasteiger partial charge in [0, 0.05) is 11.8 Å². The third-order valence-corrected chi connectivity index (χ3v) is 6.86. The highest BCUT2D eigenvalue weighted by Gasteiger charge is 2.28. The molecule has 154 valence electrons. The zero-order chi connectivity index (χ0) is 20.3. The third-order valence-electron chi connectivity index (χ3n) is 5.08. The van der Waals surface area contributed by atoms with Crippen molar-refractivity contribution in [2.24, 2.45) is 5.92 Å². The van der Waals surface area contributed by atoms with Crippen LogP contribution in [0.3, 0.4) is 0 Å². The van der Waals surface area contributed by atoms with E-state index in [1.165, 1.54) is 52.9 Å². The van der Waals surface area contributed by atoms with Gasteiger partial charge < -0.3 is 9.84 Å². The molecule has 0 aliphatic heterocycles. The molecule has 1 amide bonds. The second-order valence-electron chi connectivity index (χ2n) is 7.47. The first kappa shape index (κ1) is 20.5. The molecule has 2 heterocycles. The van der Waals surface area contributed by atoms with Gasteiger partial charge in [0.15, 0.2) is 11.6 Å². The summed E-state index contributed by atoms with van der Waals surface area (Å²) in [5, 5.41) is 13.4. The van der Waals surface area contributed by atoms with Crippen LogP contribution in [0.2, 0.25) is 0 Å². The van der Waals surface area contributed by atoms with E-state index in [2.05, 4.69) is 25.4 Å². The quantitative estimate of drug-likeness (QED) is 0.644. The Morgan fingerprint density at radius 3 is 2.68 bits per heavy atom.